The van der Waals surface area contributed by atoms with Crippen LogP contribution in [0.15, 0.2) is 6.33 Å². The van der Waals surface area contributed by atoms with E-state index in [-0.39, 0.29) is 12.7 Å². The Morgan fingerprint density at radius 2 is 2.05 bits per heavy atom. The first-order valence-electron chi connectivity index (χ1n) is 6.65. The van der Waals surface area contributed by atoms with Gasteiger partial charge in [0.15, 0.2) is 5.82 Å². The zero-order valence-electron chi connectivity index (χ0n) is 12.0. The van der Waals surface area contributed by atoms with Crippen LogP contribution in [-0.4, -0.2) is 41.4 Å². The van der Waals surface area contributed by atoms with E-state index in [4.69, 9.17) is 15.6 Å². The summed E-state index contributed by atoms with van der Waals surface area (Å²) in [6.07, 6.45) is 4.30. The van der Waals surface area contributed by atoms with E-state index in [1.165, 1.54) is 6.33 Å². The lowest BCUT2D eigenvalue weighted by atomic mass is 10.2. The van der Waals surface area contributed by atoms with Crippen molar-refractivity contribution in [2.24, 2.45) is 0 Å². The van der Waals surface area contributed by atoms with Crippen LogP contribution in [0.2, 0.25) is 0 Å². The smallest absolute Gasteiger partial charge is 0.242 e. The molecule has 1 aromatic rings. The molecule has 0 saturated heterocycles. The summed E-state index contributed by atoms with van der Waals surface area (Å²) in [5.74, 6) is 1.12. The highest BCUT2D eigenvalue weighted by Crippen LogP contribution is 2.27. The van der Waals surface area contributed by atoms with Gasteiger partial charge in [-0.25, -0.2) is 4.98 Å². The minimum absolute atomic E-state index is 0.0277. The van der Waals surface area contributed by atoms with Crippen molar-refractivity contribution < 1.29 is 9.84 Å². The molecule has 0 aliphatic carbocycles. The molecule has 3 N–H and O–H groups in total. The molecule has 19 heavy (non-hydrogen) atoms. The van der Waals surface area contributed by atoms with E-state index in [0.717, 1.165) is 25.8 Å². The molecule has 0 unspecified atom stereocenters. The number of nitrogen functional groups attached to an aromatic ring is 1. The second-order valence-corrected chi connectivity index (χ2v) is 4.79. The summed E-state index contributed by atoms with van der Waals surface area (Å²) < 4.78 is 5.54. The molecule has 1 rings (SSSR count). The molecule has 1 heterocycles. The molecule has 1 aromatic heterocycles. The van der Waals surface area contributed by atoms with E-state index in [2.05, 4.69) is 9.97 Å². The fourth-order valence-corrected chi connectivity index (χ4v) is 1.74. The number of nitrogens with two attached hydrogens (primary N) is 1. The summed E-state index contributed by atoms with van der Waals surface area (Å²) in [4.78, 5) is 10.2. The highest BCUT2D eigenvalue weighted by atomic mass is 16.5. The predicted octanol–water partition coefficient (Wildman–Crippen LogP) is 1.44. The topological polar surface area (TPSA) is 84.5 Å². The van der Waals surface area contributed by atoms with Crippen LogP contribution in [0.4, 0.5) is 11.5 Å². The average Bonchev–Trinajstić information content (AvgIpc) is 2.36. The maximum absolute atomic E-state index is 8.74. The van der Waals surface area contributed by atoms with Crippen LogP contribution in [0.3, 0.4) is 0 Å². The molecule has 0 atom stereocenters. The average molecular weight is 268 g/mol. The fourth-order valence-electron chi connectivity index (χ4n) is 1.74. The van der Waals surface area contributed by atoms with Crippen molar-refractivity contribution in [1.29, 1.82) is 0 Å². The second-order valence-electron chi connectivity index (χ2n) is 4.79. The molecule has 0 aliphatic rings. The summed E-state index contributed by atoms with van der Waals surface area (Å²) >= 11 is 0. The number of anilines is 2. The Hall–Kier alpha value is -1.56. The lowest BCUT2D eigenvalue weighted by molar-refractivity contribution is 0.234. The molecule has 0 bridgehead atoms. The molecule has 6 nitrogen and oxygen atoms in total. The van der Waals surface area contributed by atoms with Gasteiger partial charge < -0.3 is 20.5 Å². The molecule has 0 radical (unpaired) electrons. The fraction of sp³-hybridized carbons (Fsp3) is 0.692. The Morgan fingerprint density at radius 3 is 2.68 bits per heavy atom. The lowest BCUT2D eigenvalue weighted by Crippen LogP contribution is -2.22. The molecule has 0 aliphatic heterocycles. The molecule has 0 fully saturated rings. The number of nitrogens with zero attached hydrogens (tertiary/aromatic N) is 3. The van der Waals surface area contributed by atoms with Gasteiger partial charge in [0.1, 0.15) is 12.0 Å². The maximum atomic E-state index is 8.74. The molecular weight excluding hydrogens is 244 g/mol. The number of ether oxygens (including phenoxy) is 1. The number of hydrogen-bond acceptors (Lipinski definition) is 6. The number of hydrogen-bond donors (Lipinski definition) is 2. The van der Waals surface area contributed by atoms with Crippen molar-refractivity contribution in [1.82, 2.24) is 9.97 Å². The van der Waals surface area contributed by atoms with E-state index < -0.39 is 0 Å². The number of rotatable bonds is 8. The number of aliphatic hydroxyl groups excluding tert-OH is 1. The molecule has 0 saturated carbocycles. The third-order valence-electron chi connectivity index (χ3n) is 2.69. The first-order chi connectivity index (χ1) is 9.06. The highest BCUT2D eigenvalue weighted by Gasteiger charge is 2.13. The van der Waals surface area contributed by atoms with E-state index >= 15 is 0 Å². The van der Waals surface area contributed by atoms with Gasteiger partial charge in [-0.2, -0.15) is 4.98 Å². The van der Waals surface area contributed by atoms with Crippen molar-refractivity contribution in [2.75, 3.05) is 30.8 Å². The number of unbranched alkanes of at least 4 members (excludes halogenated alkanes) is 2. The first-order valence-corrected chi connectivity index (χ1v) is 6.65. The lowest BCUT2D eigenvalue weighted by Gasteiger charge is -2.21. The Morgan fingerprint density at radius 1 is 1.32 bits per heavy atom. The molecular formula is C13H24N4O2. The van der Waals surface area contributed by atoms with Crippen LogP contribution in [0, 0.1) is 0 Å². The number of aliphatic hydroxyl groups is 1. The van der Waals surface area contributed by atoms with E-state index in [0.29, 0.717) is 17.4 Å². The Bertz CT molecular complexity index is 385. The molecule has 0 amide bonds. The van der Waals surface area contributed by atoms with Crippen molar-refractivity contribution >= 4 is 11.5 Å². The monoisotopic (exact) mass is 268 g/mol. The summed E-state index contributed by atoms with van der Waals surface area (Å²) in [6.45, 7) is 4.94. The standard InChI is InChI=1S/C13H24N4O2/c1-10(2)19-13-11(14)12(15-9-16-13)17(3)7-5-4-6-8-18/h9-10,18H,4-8,14H2,1-3H3. The van der Waals surface area contributed by atoms with Crippen molar-refractivity contribution in [3.05, 3.63) is 6.33 Å². The third kappa shape index (κ3) is 4.90. The quantitative estimate of drug-likeness (QED) is 0.694. The highest BCUT2D eigenvalue weighted by molar-refractivity contribution is 5.67. The van der Waals surface area contributed by atoms with Crippen LogP contribution in [0.1, 0.15) is 33.1 Å². The molecule has 108 valence electrons. The minimum Gasteiger partial charge on any atom is -0.473 e. The molecule has 6 heteroatoms. The normalized spacial score (nSPS) is 10.8. The molecule has 0 spiro atoms. The largest absolute Gasteiger partial charge is 0.473 e. The Balaban J connectivity index is 2.66. The first kappa shape index (κ1) is 15.5. The third-order valence-corrected chi connectivity index (χ3v) is 2.69. The van der Waals surface area contributed by atoms with Crippen molar-refractivity contribution in [3.8, 4) is 5.88 Å². The summed E-state index contributed by atoms with van der Waals surface area (Å²) in [7, 11) is 1.94. The van der Waals surface area contributed by atoms with Gasteiger partial charge in [0.05, 0.1) is 6.10 Å². The Kier molecular flexibility index (Phi) is 6.35. The summed E-state index contributed by atoms with van der Waals surface area (Å²) in [6, 6.07) is 0. The maximum Gasteiger partial charge on any atom is 0.242 e. The van der Waals surface area contributed by atoms with Crippen molar-refractivity contribution in [3.63, 3.8) is 0 Å². The van der Waals surface area contributed by atoms with Crippen molar-refractivity contribution in [2.45, 2.75) is 39.2 Å². The SMILES string of the molecule is CC(C)Oc1ncnc(N(C)CCCCCO)c1N. The van der Waals surface area contributed by atoms with Gasteiger partial charge in [0.2, 0.25) is 5.88 Å². The van der Waals surface area contributed by atoms with E-state index in [1.54, 1.807) is 0 Å². The van der Waals surface area contributed by atoms with E-state index in [9.17, 15) is 0 Å². The zero-order chi connectivity index (χ0) is 14.3. The van der Waals surface area contributed by atoms with Gasteiger partial charge in [-0.15, -0.1) is 0 Å². The van der Waals surface area contributed by atoms with Gasteiger partial charge >= 0.3 is 0 Å². The van der Waals surface area contributed by atoms with Gasteiger partial charge in [0, 0.05) is 20.2 Å². The van der Waals surface area contributed by atoms with Crippen LogP contribution in [-0.2, 0) is 0 Å². The van der Waals surface area contributed by atoms with Gasteiger partial charge in [-0.05, 0) is 33.1 Å². The van der Waals surface area contributed by atoms with Gasteiger partial charge in [-0.1, -0.05) is 0 Å². The van der Waals surface area contributed by atoms with Crippen LogP contribution >= 0.6 is 0 Å². The summed E-state index contributed by atoms with van der Waals surface area (Å²) in [5, 5.41) is 8.74. The van der Waals surface area contributed by atoms with E-state index in [1.807, 2.05) is 25.8 Å². The summed E-state index contributed by atoms with van der Waals surface area (Å²) in [5.41, 5.74) is 6.50. The van der Waals surface area contributed by atoms with Crippen LogP contribution in [0.5, 0.6) is 5.88 Å². The second kappa shape index (κ2) is 7.78. The predicted molar refractivity (Wildman–Crippen MR) is 76.4 cm³/mol. The number of aromatic nitrogens is 2. The minimum atomic E-state index is 0.0277. The zero-order valence-corrected chi connectivity index (χ0v) is 12.0. The van der Waals surface area contributed by atoms with Gasteiger partial charge in [0.25, 0.3) is 0 Å². The van der Waals surface area contributed by atoms with Gasteiger partial charge in [-0.3, -0.25) is 0 Å². The molecule has 0 aromatic carbocycles. The van der Waals surface area contributed by atoms with Crippen LogP contribution in [0.25, 0.3) is 0 Å². The van der Waals surface area contributed by atoms with Crippen LogP contribution < -0.4 is 15.4 Å². The Labute approximate surface area is 114 Å².